The number of hydrogen-bond donors (Lipinski definition) is 0. The van der Waals surface area contributed by atoms with Gasteiger partial charge in [0, 0.05) is 50.9 Å². The number of rotatable bonds is 8. The van der Waals surface area contributed by atoms with Gasteiger partial charge >= 0.3 is 6.18 Å². The van der Waals surface area contributed by atoms with Gasteiger partial charge in [0.1, 0.15) is 23.6 Å². The van der Waals surface area contributed by atoms with E-state index in [-0.39, 0.29) is 18.6 Å². The van der Waals surface area contributed by atoms with E-state index in [1.807, 2.05) is 18.2 Å². The van der Waals surface area contributed by atoms with Gasteiger partial charge in [-0.2, -0.15) is 13.2 Å². The Morgan fingerprint density at radius 3 is 2.36 bits per heavy atom. The summed E-state index contributed by atoms with van der Waals surface area (Å²) >= 11 is 0. The maximum Gasteiger partial charge on any atom is 0.433 e. The van der Waals surface area contributed by atoms with Crippen LogP contribution in [0.1, 0.15) is 23.2 Å². The number of fused-ring (bicyclic) bond motifs is 1. The number of benzene rings is 2. The van der Waals surface area contributed by atoms with E-state index >= 15 is 0 Å². The number of nitrogens with zero attached hydrogens (tertiary/aromatic N) is 5. The van der Waals surface area contributed by atoms with E-state index in [2.05, 4.69) is 43.9 Å². The monoisotopic (exact) mass is 535 g/mol. The maximum atomic E-state index is 12.6. The summed E-state index contributed by atoms with van der Waals surface area (Å²) in [6.45, 7) is 3.98. The first-order valence-corrected chi connectivity index (χ1v) is 12.7. The third kappa shape index (κ3) is 6.69. The van der Waals surface area contributed by atoms with E-state index in [4.69, 9.17) is 4.74 Å². The van der Waals surface area contributed by atoms with Gasteiger partial charge in [0.05, 0.1) is 10.9 Å². The number of aromatic nitrogens is 3. The fourth-order valence-corrected chi connectivity index (χ4v) is 4.49. The Balaban J connectivity index is 1.17. The molecule has 2 aromatic carbocycles. The molecule has 0 radical (unpaired) electrons. The van der Waals surface area contributed by atoms with Crippen molar-refractivity contribution < 1.29 is 22.7 Å². The van der Waals surface area contributed by atoms with Gasteiger partial charge in [-0.1, -0.05) is 18.2 Å². The number of piperazine rings is 1. The number of aryl methyl sites for hydroxylation is 1. The number of anilines is 1. The number of alkyl halides is 3. The lowest BCUT2D eigenvalue weighted by Crippen LogP contribution is -2.44. The highest BCUT2D eigenvalue weighted by Gasteiger charge is 2.32. The normalized spacial score (nSPS) is 14.5. The summed E-state index contributed by atoms with van der Waals surface area (Å²) in [5.74, 6) is 1.03. The number of pyridine rings is 1. The molecule has 0 bridgehead atoms. The number of likely N-dealkylation sites (N-methyl/N-ethyl adjacent to an activating group) is 1. The minimum atomic E-state index is -4.47. The van der Waals surface area contributed by atoms with Crippen LogP contribution in [-0.2, 0) is 23.8 Å². The Bertz CT molecular complexity index is 1430. The van der Waals surface area contributed by atoms with Crippen molar-refractivity contribution in [3.8, 4) is 11.6 Å². The van der Waals surface area contributed by atoms with Crippen LogP contribution in [0.4, 0.5) is 18.9 Å². The predicted molar refractivity (Wildman–Crippen MR) is 142 cm³/mol. The molecule has 4 aromatic rings. The second-order valence-corrected chi connectivity index (χ2v) is 9.68. The number of Topliss-reactive ketones (excluding diaryl/α,β-unsaturated/α-hetero) is 1. The van der Waals surface area contributed by atoms with Crippen LogP contribution in [0.15, 0.2) is 67.1 Å². The van der Waals surface area contributed by atoms with Crippen LogP contribution >= 0.6 is 0 Å². The lowest BCUT2D eigenvalue weighted by atomic mass is 10.0. The van der Waals surface area contributed by atoms with Gasteiger partial charge in [0.25, 0.3) is 0 Å². The van der Waals surface area contributed by atoms with Gasteiger partial charge in [-0.15, -0.1) is 0 Å². The average Bonchev–Trinajstić information content (AvgIpc) is 2.93. The zero-order valence-electron chi connectivity index (χ0n) is 21.5. The van der Waals surface area contributed by atoms with Gasteiger partial charge in [-0.3, -0.25) is 9.78 Å². The number of ether oxygens (including phenoxy) is 1. The second kappa shape index (κ2) is 11.4. The fourth-order valence-electron chi connectivity index (χ4n) is 4.49. The molecule has 0 saturated carbocycles. The quantitative estimate of drug-likeness (QED) is 0.302. The van der Waals surface area contributed by atoms with Gasteiger partial charge in [-0.25, -0.2) is 9.97 Å². The van der Waals surface area contributed by atoms with Gasteiger partial charge in [-0.05, 0) is 61.0 Å². The molecule has 7 nitrogen and oxygen atoms in total. The molecule has 5 rings (SSSR count). The van der Waals surface area contributed by atoms with Crippen LogP contribution in [0.2, 0.25) is 0 Å². The molecule has 1 aliphatic rings. The van der Waals surface area contributed by atoms with Crippen LogP contribution in [0.5, 0.6) is 11.6 Å². The van der Waals surface area contributed by atoms with E-state index in [9.17, 15) is 18.0 Å². The van der Waals surface area contributed by atoms with Crippen molar-refractivity contribution in [2.45, 2.75) is 25.4 Å². The Kier molecular flexibility index (Phi) is 7.74. The molecule has 0 atom stereocenters. The summed E-state index contributed by atoms with van der Waals surface area (Å²) in [7, 11) is 2.13. The molecule has 0 N–H and O–H groups in total. The SMILES string of the molecule is CN1CCN(c2ccc3c(Oc4ccc(CC(=O)CCc5ccc(C(F)(F)F)nc5)cc4)ncnc3c2)CC1. The lowest BCUT2D eigenvalue weighted by molar-refractivity contribution is -0.141. The van der Waals surface area contributed by atoms with Crippen molar-refractivity contribution in [2.24, 2.45) is 0 Å². The van der Waals surface area contributed by atoms with Gasteiger partial charge < -0.3 is 14.5 Å². The summed E-state index contributed by atoms with van der Waals surface area (Å²) < 4.78 is 44.0. The molecule has 2 aromatic heterocycles. The first-order chi connectivity index (χ1) is 18.7. The summed E-state index contributed by atoms with van der Waals surface area (Å²) in [5, 5.41) is 0.812. The van der Waals surface area contributed by atoms with Crippen molar-refractivity contribution in [2.75, 3.05) is 38.1 Å². The molecule has 3 heterocycles. The predicted octanol–water partition coefficient (Wildman–Crippen LogP) is 5.33. The highest BCUT2D eigenvalue weighted by Crippen LogP contribution is 2.30. The molecular formula is C29H28F3N5O2. The standard InChI is InChI=1S/C29H28F3N5O2/c1-36-12-14-37(15-13-36)22-6-10-25-26(17-22)34-19-35-28(25)39-24-8-3-20(4-9-24)16-23(38)7-2-21-5-11-27(33-18-21)29(30,31)32/h3-6,8-11,17-19H,2,7,12-16H2,1H3. The fraction of sp³-hybridized carbons (Fsp3) is 0.310. The highest BCUT2D eigenvalue weighted by atomic mass is 19.4. The maximum absolute atomic E-state index is 12.6. The summed E-state index contributed by atoms with van der Waals surface area (Å²) in [5.41, 5.74) is 2.41. The molecule has 202 valence electrons. The molecule has 0 aliphatic carbocycles. The Labute approximate surface area is 224 Å². The zero-order chi connectivity index (χ0) is 27.4. The zero-order valence-corrected chi connectivity index (χ0v) is 21.5. The van der Waals surface area contributed by atoms with E-state index in [0.29, 0.717) is 23.6 Å². The smallest absolute Gasteiger partial charge is 0.433 e. The summed E-state index contributed by atoms with van der Waals surface area (Å²) in [6.07, 6.45) is -1.04. The third-order valence-corrected chi connectivity index (χ3v) is 6.80. The molecule has 0 spiro atoms. The van der Waals surface area contributed by atoms with Gasteiger partial charge in [0.15, 0.2) is 0 Å². The molecule has 10 heteroatoms. The Morgan fingerprint density at radius 2 is 1.67 bits per heavy atom. The van der Waals surface area contributed by atoms with Crippen LogP contribution in [0.25, 0.3) is 10.9 Å². The van der Waals surface area contributed by atoms with Crippen LogP contribution in [-0.4, -0.2) is 58.9 Å². The number of carbonyl (C=O) groups excluding carboxylic acids is 1. The second-order valence-electron chi connectivity index (χ2n) is 9.68. The molecule has 1 fully saturated rings. The topological polar surface area (TPSA) is 71.5 Å². The summed E-state index contributed by atoms with van der Waals surface area (Å²) in [6, 6.07) is 15.6. The van der Waals surface area contributed by atoms with Crippen LogP contribution in [0.3, 0.4) is 0 Å². The van der Waals surface area contributed by atoms with Crippen LogP contribution < -0.4 is 9.64 Å². The number of hydrogen-bond acceptors (Lipinski definition) is 7. The van der Waals surface area contributed by atoms with Crippen molar-refractivity contribution in [3.05, 3.63) is 83.9 Å². The highest BCUT2D eigenvalue weighted by molar-refractivity contribution is 5.86. The van der Waals surface area contributed by atoms with Crippen molar-refractivity contribution >= 4 is 22.4 Å². The average molecular weight is 536 g/mol. The minimum Gasteiger partial charge on any atom is -0.438 e. The molecule has 0 unspecified atom stereocenters. The van der Waals surface area contributed by atoms with Gasteiger partial charge in [0.2, 0.25) is 5.88 Å². The largest absolute Gasteiger partial charge is 0.438 e. The van der Waals surface area contributed by atoms with Crippen LogP contribution in [0, 0.1) is 0 Å². The first kappa shape index (κ1) is 26.6. The van der Waals surface area contributed by atoms with E-state index in [1.165, 1.54) is 18.6 Å². The third-order valence-electron chi connectivity index (χ3n) is 6.80. The Morgan fingerprint density at radius 1 is 0.923 bits per heavy atom. The van der Waals surface area contributed by atoms with Crippen molar-refractivity contribution in [3.63, 3.8) is 0 Å². The van der Waals surface area contributed by atoms with Crippen molar-refractivity contribution in [1.29, 1.82) is 0 Å². The Hall–Kier alpha value is -4.05. The van der Waals surface area contributed by atoms with E-state index in [1.54, 1.807) is 12.1 Å². The minimum absolute atomic E-state index is 0.0125. The molecule has 39 heavy (non-hydrogen) atoms. The molecule has 1 saturated heterocycles. The number of halogens is 3. The van der Waals surface area contributed by atoms with E-state index in [0.717, 1.165) is 54.4 Å². The lowest BCUT2D eigenvalue weighted by Gasteiger charge is -2.34. The molecular weight excluding hydrogens is 507 g/mol. The first-order valence-electron chi connectivity index (χ1n) is 12.7. The van der Waals surface area contributed by atoms with Crippen molar-refractivity contribution in [1.82, 2.24) is 19.9 Å². The number of ketones is 1. The molecule has 1 aliphatic heterocycles. The number of carbonyl (C=O) groups is 1. The summed E-state index contributed by atoms with van der Waals surface area (Å²) in [4.78, 5) is 29.3. The van der Waals surface area contributed by atoms with E-state index < -0.39 is 11.9 Å². The molecule has 0 amide bonds.